The lowest BCUT2D eigenvalue weighted by Crippen LogP contribution is -2.27. The zero-order chi connectivity index (χ0) is 14.9. The zero-order valence-corrected chi connectivity index (χ0v) is 13.0. The maximum atomic E-state index is 9.17. The smallest absolute Gasteiger partial charge is 0.0991 e. The molecule has 0 amide bonds. The fourth-order valence-corrected chi connectivity index (χ4v) is 4.48. The monoisotopic (exact) mass is 293 g/mol. The third kappa shape index (κ3) is 2.42. The summed E-state index contributed by atoms with van der Waals surface area (Å²) in [5.41, 5.74) is 3.37. The summed E-state index contributed by atoms with van der Waals surface area (Å²) in [6.45, 7) is 3.83. The number of aromatic amines is 1. The summed E-state index contributed by atoms with van der Waals surface area (Å²) in [4.78, 5) is 6.06. The molecule has 2 aromatic rings. The summed E-state index contributed by atoms with van der Waals surface area (Å²) in [7, 11) is 0. The molecule has 3 nitrogen and oxygen atoms in total. The molecule has 3 heteroatoms. The molecule has 2 aliphatic rings. The second kappa shape index (κ2) is 5.78. The summed E-state index contributed by atoms with van der Waals surface area (Å²) >= 11 is 0. The van der Waals surface area contributed by atoms with E-state index in [4.69, 9.17) is 5.26 Å². The van der Waals surface area contributed by atoms with Crippen LogP contribution in [-0.2, 0) is 0 Å². The van der Waals surface area contributed by atoms with Crippen molar-refractivity contribution in [2.45, 2.75) is 38.0 Å². The molecule has 1 aromatic carbocycles. The van der Waals surface area contributed by atoms with Crippen LogP contribution >= 0.6 is 0 Å². The van der Waals surface area contributed by atoms with E-state index < -0.39 is 0 Å². The first kappa shape index (κ1) is 13.8. The van der Waals surface area contributed by atoms with Crippen molar-refractivity contribution in [1.29, 1.82) is 5.26 Å². The van der Waals surface area contributed by atoms with Crippen molar-refractivity contribution in [3.63, 3.8) is 0 Å². The predicted octanol–water partition coefficient (Wildman–Crippen LogP) is 4.02. The highest BCUT2D eigenvalue weighted by Crippen LogP contribution is 2.43. The molecule has 4 rings (SSSR count). The quantitative estimate of drug-likeness (QED) is 0.928. The fraction of sp³-hybridized carbons (Fsp3) is 0.526. The molecule has 0 radical (unpaired) electrons. The van der Waals surface area contributed by atoms with Crippen LogP contribution in [0.25, 0.3) is 10.9 Å². The van der Waals surface area contributed by atoms with E-state index in [1.807, 2.05) is 12.1 Å². The van der Waals surface area contributed by atoms with Crippen molar-refractivity contribution in [2.24, 2.45) is 5.92 Å². The minimum Gasteiger partial charge on any atom is -0.361 e. The molecule has 1 saturated carbocycles. The standard InChI is InChI=1S/C19H23N3/c20-11-14-6-7-19-17(10-14)18(12-21-19)16-5-3-4-15(16)13-22-8-1-2-9-22/h6-7,10,12,15-16,21H,1-5,8-9,13H2/t15-,16+/m1/s1. The molecule has 2 atom stereocenters. The Hall–Kier alpha value is -1.79. The van der Waals surface area contributed by atoms with Gasteiger partial charge in [0.25, 0.3) is 0 Å². The number of H-pyrrole nitrogens is 1. The number of hydrogen-bond acceptors (Lipinski definition) is 2. The molecular weight excluding hydrogens is 270 g/mol. The van der Waals surface area contributed by atoms with Crippen molar-refractivity contribution in [2.75, 3.05) is 19.6 Å². The lowest BCUT2D eigenvalue weighted by atomic mass is 9.88. The number of nitrogens with one attached hydrogen (secondary N) is 1. The Morgan fingerprint density at radius 3 is 2.86 bits per heavy atom. The molecule has 0 unspecified atom stereocenters. The average molecular weight is 293 g/mol. The molecule has 2 fully saturated rings. The number of nitrogens with zero attached hydrogens (tertiary/aromatic N) is 2. The average Bonchev–Trinajstić information content (AvgIpc) is 3.27. The van der Waals surface area contributed by atoms with Gasteiger partial charge in [-0.2, -0.15) is 5.26 Å². The van der Waals surface area contributed by atoms with Crippen LogP contribution < -0.4 is 0 Å². The van der Waals surface area contributed by atoms with Crippen LogP contribution in [0.15, 0.2) is 24.4 Å². The maximum Gasteiger partial charge on any atom is 0.0991 e. The highest BCUT2D eigenvalue weighted by molar-refractivity contribution is 5.85. The minimum atomic E-state index is 0.656. The van der Waals surface area contributed by atoms with Crippen LogP contribution in [0.4, 0.5) is 0 Å². The molecule has 1 aliphatic heterocycles. The van der Waals surface area contributed by atoms with Crippen molar-refractivity contribution in [1.82, 2.24) is 9.88 Å². The first-order valence-electron chi connectivity index (χ1n) is 8.58. The number of hydrogen-bond donors (Lipinski definition) is 1. The Labute approximate surface area is 131 Å². The predicted molar refractivity (Wildman–Crippen MR) is 88.8 cm³/mol. The van der Waals surface area contributed by atoms with Crippen LogP contribution in [0.1, 0.15) is 49.1 Å². The number of aromatic nitrogens is 1. The van der Waals surface area contributed by atoms with E-state index in [9.17, 15) is 0 Å². The van der Waals surface area contributed by atoms with Crippen LogP contribution in [-0.4, -0.2) is 29.5 Å². The number of nitriles is 1. The van der Waals surface area contributed by atoms with E-state index in [0.717, 1.165) is 11.5 Å². The van der Waals surface area contributed by atoms with Crippen LogP contribution in [0.3, 0.4) is 0 Å². The number of likely N-dealkylation sites (tertiary alicyclic amines) is 1. The number of benzene rings is 1. The second-order valence-corrected chi connectivity index (χ2v) is 6.92. The molecular formula is C19H23N3. The molecule has 22 heavy (non-hydrogen) atoms. The Bertz CT molecular complexity index is 703. The van der Waals surface area contributed by atoms with Gasteiger partial charge in [0.1, 0.15) is 0 Å². The van der Waals surface area contributed by atoms with Crippen LogP contribution in [0.5, 0.6) is 0 Å². The second-order valence-electron chi connectivity index (χ2n) is 6.92. The molecule has 0 bridgehead atoms. The van der Waals surface area contributed by atoms with Gasteiger partial charge in [-0.15, -0.1) is 0 Å². The Balaban J connectivity index is 1.63. The van der Waals surface area contributed by atoms with Crippen molar-refractivity contribution in [3.05, 3.63) is 35.5 Å². The molecule has 1 N–H and O–H groups in total. The molecule has 114 valence electrons. The first-order valence-corrected chi connectivity index (χ1v) is 8.58. The summed E-state index contributed by atoms with van der Waals surface area (Å²) in [5.74, 6) is 1.44. The topological polar surface area (TPSA) is 42.8 Å². The van der Waals surface area contributed by atoms with Gasteiger partial charge in [0.2, 0.25) is 0 Å². The third-order valence-corrected chi connectivity index (χ3v) is 5.59. The van der Waals surface area contributed by atoms with Gasteiger partial charge in [-0.1, -0.05) is 6.42 Å². The van der Waals surface area contributed by atoms with Gasteiger partial charge >= 0.3 is 0 Å². The molecule has 0 spiro atoms. The Kier molecular flexibility index (Phi) is 3.63. The van der Waals surface area contributed by atoms with Gasteiger partial charge in [0.15, 0.2) is 0 Å². The fourth-order valence-electron chi connectivity index (χ4n) is 4.48. The van der Waals surface area contributed by atoms with Crippen molar-refractivity contribution >= 4 is 10.9 Å². The summed E-state index contributed by atoms with van der Waals surface area (Å²) in [6.07, 6.45) is 8.92. The Morgan fingerprint density at radius 2 is 2.05 bits per heavy atom. The first-order chi connectivity index (χ1) is 10.8. The number of fused-ring (bicyclic) bond motifs is 1. The number of rotatable bonds is 3. The lowest BCUT2D eigenvalue weighted by molar-refractivity contribution is 0.267. The zero-order valence-electron chi connectivity index (χ0n) is 13.0. The Morgan fingerprint density at radius 1 is 1.18 bits per heavy atom. The largest absolute Gasteiger partial charge is 0.361 e. The SMILES string of the molecule is N#Cc1ccc2[nH]cc([C@H]3CCC[C@@H]3CN3CCCC3)c2c1. The van der Waals surface area contributed by atoms with E-state index in [-0.39, 0.29) is 0 Å². The third-order valence-electron chi connectivity index (χ3n) is 5.59. The van der Waals surface area contributed by atoms with E-state index in [1.165, 1.54) is 68.2 Å². The molecule has 2 heterocycles. The van der Waals surface area contributed by atoms with E-state index in [1.54, 1.807) is 0 Å². The molecule has 1 aromatic heterocycles. The van der Waals surface area contributed by atoms with Crippen LogP contribution in [0, 0.1) is 17.2 Å². The van der Waals surface area contributed by atoms with E-state index in [2.05, 4.69) is 28.2 Å². The van der Waals surface area contributed by atoms with E-state index >= 15 is 0 Å². The van der Waals surface area contributed by atoms with Gasteiger partial charge in [-0.05, 0) is 74.4 Å². The normalized spacial score (nSPS) is 25.8. The van der Waals surface area contributed by atoms with Gasteiger partial charge < -0.3 is 9.88 Å². The summed E-state index contributed by atoms with van der Waals surface area (Å²) in [6, 6.07) is 8.28. The maximum absolute atomic E-state index is 9.17. The van der Waals surface area contributed by atoms with Crippen molar-refractivity contribution < 1.29 is 0 Å². The van der Waals surface area contributed by atoms with Gasteiger partial charge in [-0.25, -0.2) is 0 Å². The summed E-state index contributed by atoms with van der Waals surface area (Å²) < 4.78 is 0. The highest BCUT2D eigenvalue weighted by atomic mass is 15.1. The molecule has 1 saturated heterocycles. The van der Waals surface area contributed by atoms with Crippen molar-refractivity contribution in [3.8, 4) is 6.07 Å². The minimum absolute atomic E-state index is 0.656. The summed E-state index contributed by atoms with van der Waals surface area (Å²) in [5, 5.41) is 10.4. The van der Waals surface area contributed by atoms with Gasteiger partial charge in [0, 0.05) is 23.6 Å². The van der Waals surface area contributed by atoms with E-state index in [0.29, 0.717) is 5.92 Å². The highest BCUT2D eigenvalue weighted by Gasteiger charge is 2.32. The van der Waals surface area contributed by atoms with Gasteiger partial charge in [-0.3, -0.25) is 0 Å². The molecule has 1 aliphatic carbocycles. The van der Waals surface area contributed by atoms with Gasteiger partial charge in [0.05, 0.1) is 11.6 Å². The lowest BCUT2D eigenvalue weighted by Gasteiger charge is -2.25. The van der Waals surface area contributed by atoms with Crippen LogP contribution in [0.2, 0.25) is 0 Å².